The molecular weight excluding hydrogens is 434 g/mol. The molecule has 0 spiro atoms. The lowest BCUT2D eigenvalue weighted by molar-refractivity contribution is 0.102. The molecule has 5 nitrogen and oxygen atoms in total. The van der Waals surface area contributed by atoms with Crippen molar-refractivity contribution >= 4 is 26.4 Å². The van der Waals surface area contributed by atoms with Crippen LogP contribution in [0.5, 0.6) is 0 Å². The van der Waals surface area contributed by atoms with Crippen molar-refractivity contribution in [3.05, 3.63) is 114 Å². The molecule has 0 fully saturated rings. The summed E-state index contributed by atoms with van der Waals surface area (Å²) in [6.07, 6.45) is 0. The van der Waals surface area contributed by atoms with Gasteiger partial charge in [0.2, 0.25) is 15.6 Å². The van der Waals surface area contributed by atoms with Gasteiger partial charge in [-0.2, -0.15) is 0 Å². The third-order valence-corrected chi connectivity index (χ3v) is 7.32. The number of hydrogen-bond acceptors (Lipinski definition) is 5. The van der Waals surface area contributed by atoms with Crippen LogP contribution in [0.2, 0.25) is 0 Å². The third kappa shape index (κ3) is 3.75. The van der Waals surface area contributed by atoms with Crippen molar-refractivity contribution in [1.82, 2.24) is 5.16 Å². The van der Waals surface area contributed by atoms with E-state index in [1.807, 2.05) is 49.4 Å². The normalized spacial score (nSPS) is 11.5. The Labute approximate surface area is 191 Å². The van der Waals surface area contributed by atoms with Crippen molar-refractivity contribution in [3.8, 4) is 11.3 Å². The van der Waals surface area contributed by atoms with Crippen LogP contribution in [0.1, 0.15) is 21.6 Å². The molecule has 0 atom stereocenters. The van der Waals surface area contributed by atoms with Crippen LogP contribution in [0, 0.1) is 6.92 Å². The summed E-state index contributed by atoms with van der Waals surface area (Å²) in [4.78, 5) is 13.3. The Morgan fingerprint density at radius 2 is 1.45 bits per heavy atom. The van der Waals surface area contributed by atoms with E-state index in [0.717, 1.165) is 16.3 Å². The zero-order valence-corrected chi connectivity index (χ0v) is 18.5. The first-order chi connectivity index (χ1) is 15.9. The molecule has 1 heterocycles. The Balaban J connectivity index is 1.72. The average Bonchev–Trinajstić information content (AvgIpc) is 3.30. The SMILES string of the molecule is Cc1ccc(-c2onc(C(=O)c3ccc4ccccc4c3)c2S(=O)(=O)c2ccccc2)cc1. The number of carbonyl (C=O) groups is 1. The number of benzene rings is 4. The summed E-state index contributed by atoms with van der Waals surface area (Å²) in [6.45, 7) is 1.93. The molecule has 5 aromatic rings. The Kier molecular flexibility index (Phi) is 5.15. The van der Waals surface area contributed by atoms with E-state index in [9.17, 15) is 13.2 Å². The van der Waals surface area contributed by atoms with Gasteiger partial charge in [0.1, 0.15) is 0 Å². The van der Waals surface area contributed by atoms with Gasteiger partial charge in [0.15, 0.2) is 16.3 Å². The van der Waals surface area contributed by atoms with Crippen LogP contribution in [0.4, 0.5) is 0 Å². The first-order valence-electron chi connectivity index (χ1n) is 10.4. The van der Waals surface area contributed by atoms with Gasteiger partial charge in [0.25, 0.3) is 0 Å². The molecule has 0 radical (unpaired) electrons. The first-order valence-corrected chi connectivity index (χ1v) is 11.8. The highest BCUT2D eigenvalue weighted by Crippen LogP contribution is 2.35. The molecule has 5 rings (SSSR count). The van der Waals surface area contributed by atoms with E-state index in [2.05, 4.69) is 5.16 Å². The Hall–Kier alpha value is -4.03. The number of aromatic nitrogens is 1. The maximum Gasteiger partial charge on any atom is 0.216 e. The number of carbonyl (C=O) groups excluding carboxylic acids is 1. The summed E-state index contributed by atoms with van der Waals surface area (Å²) >= 11 is 0. The molecule has 0 aliphatic carbocycles. The maximum atomic E-state index is 13.7. The summed E-state index contributed by atoms with van der Waals surface area (Å²) in [5, 5.41) is 5.81. The molecule has 162 valence electrons. The molecule has 6 heteroatoms. The van der Waals surface area contributed by atoms with Crippen LogP contribution in [0.3, 0.4) is 0 Å². The average molecular weight is 454 g/mol. The van der Waals surface area contributed by atoms with Gasteiger partial charge in [-0.25, -0.2) is 8.42 Å². The van der Waals surface area contributed by atoms with Crippen molar-refractivity contribution in [2.45, 2.75) is 16.7 Å². The molecule has 0 aliphatic rings. The van der Waals surface area contributed by atoms with Gasteiger partial charge in [-0.15, -0.1) is 0 Å². The summed E-state index contributed by atoms with van der Waals surface area (Å²) < 4.78 is 32.9. The Morgan fingerprint density at radius 1 is 0.788 bits per heavy atom. The fourth-order valence-electron chi connectivity index (χ4n) is 3.75. The van der Waals surface area contributed by atoms with Gasteiger partial charge in [-0.05, 0) is 35.9 Å². The highest BCUT2D eigenvalue weighted by Gasteiger charge is 2.34. The Bertz CT molecular complexity index is 1580. The number of nitrogens with zero attached hydrogens (tertiary/aromatic N) is 1. The van der Waals surface area contributed by atoms with Crippen LogP contribution in [-0.2, 0) is 9.84 Å². The minimum Gasteiger partial charge on any atom is -0.354 e. The second-order valence-electron chi connectivity index (χ2n) is 7.76. The number of ketones is 1. The Morgan fingerprint density at radius 3 is 2.18 bits per heavy atom. The quantitative estimate of drug-likeness (QED) is 0.311. The standard InChI is InChI=1S/C27H19NO4S/c1-18-11-13-20(14-12-18)26-27(33(30,31)23-9-3-2-4-10-23)24(28-32-26)25(29)22-16-15-19-7-5-6-8-21(19)17-22/h2-17H,1H3. The first kappa shape index (κ1) is 20.8. The van der Waals surface area contributed by atoms with Gasteiger partial charge in [0.05, 0.1) is 4.90 Å². The topological polar surface area (TPSA) is 77.2 Å². The zero-order valence-electron chi connectivity index (χ0n) is 17.7. The highest BCUT2D eigenvalue weighted by atomic mass is 32.2. The number of fused-ring (bicyclic) bond motifs is 1. The molecule has 0 saturated carbocycles. The largest absolute Gasteiger partial charge is 0.354 e. The smallest absolute Gasteiger partial charge is 0.216 e. The molecule has 1 aromatic heterocycles. The molecule has 0 unspecified atom stereocenters. The number of aryl methyl sites for hydroxylation is 1. The van der Waals surface area contributed by atoms with Crippen LogP contribution in [-0.4, -0.2) is 19.4 Å². The predicted octanol–water partition coefficient (Wildman–Crippen LogP) is 5.87. The van der Waals surface area contributed by atoms with E-state index in [1.165, 1.54) is 12.1 Å². The van der Waals surface area contributed by atoms with E-state index >= 15 is 0 Å². The van der Waals surface area contributed by atoms with E-state index in [4.69, 9.17) is 4.52 Å². The number of sulfone groups is 1. The van der Waals surface area contributed by atoms with Crippen LogP contribution >= 0.6 is 0 Å². The lowest BCUT2D eigenvalue weighted by atomic mass is 10.0. The molecule has 4 aromatic carbocycles. The minimum atomic E-state index is -4.09. The minimum absolute atomic E-state index is 0.0444. The molecule has 0 N–H and O–H groups in total. The molecule has 0 bridgehead atoms. The summed E-state index contributed by atoms with van der Waals surface area (Å²) in [6, 6.07) is 28.1. The van der Waals surface area contributed by atoms with Gasteiger partial charge >= 0.3 is 0 Å². The van der Waals surface area contributed by atoms with Gasteiger partial charge in [0, 0.05) is 11.1 Å². The summed E-state index contributed by atoms with van der Waals surface area (Å²) in [7, 11) is -4.09. The molecule has 0 saturated heterocycles. The predicted molar refractivity (Wildman–Crippen MR) is 126 cm³/mol. The van der Waals surface area contributed by atoms with Gasteiger partial charge in [-0.3, -0.25) is 4.79 Å². The lowest BCUT2D eigenvalue weighted by Gasteiger charge is -2.07. The fraction of sp³-hybridized carbons (Fsp3) is 0.0370. The molecule has 0 aliphatic heterocycles. The van der Waals surface area contributed by atoms with Crippen molar-refractivity contribution in [2.24, 2.45) is 0 Å². The molecule has 33 heavy (non-hydrogen) atoms. The van der Waals surface area contributed by atoms with Crippen molar-refractivity contribution in [3.63, 3.8) is 0 Å². The highest BCUT2D eigenvalue weighted by molar-refractivity contribution is 7.91. The van der Waals surface area contributed by atoms with Crippen molar-refractivity contribution in [1.29, 1.82) is 0 Å². The second kappa shape index (κ2) is 8.15. The van der Waals surface area contributed by atoms with Crippen molar-refractivity contribution in [2.75, 3.05) is 0 Å². The van der Waals surface area contributed by atoms with E-state index < -0.39 is 15.6 Å². The summed E-state index contributed by atoms with van der Waals surface area (Å²) in [5.41, 5.74) is 1.64. The summed E-state index contributed by atoms with van der Waals surface area (Å²) in [5.74, 6) is -0.472. The third-order valence-electron chi connectivity index (χ3n) is 5.51. The maximum absolute atomic E-state index is 13.7. The van der Waals surface area contributed by atoms with Crippen LogP contribution in [0.15, 0.2) is 111 Å². The van der Waals surface area contributed by atoms with E-state index in [0.29, 0.717) is 11.1 Å². The zero-order chi connectivity index (χ0) is 23.0. The van der Waals surface area contributed by atoms with Crippen LogP contribution in [0.25, 0.3) is 22.1 Å². The fourth-order valence-corrected chi connectivity index (χ4v) is 5.28. The molecule has 0 amide bonds. The lowest BCUT2D eigenvalue weighted by Crippen LogP contribution is -2.11. The van der Waals surface area contributed by atoms with E-state index in [-0.39, 0.29) is 21.2 Å². The second-order valence-corrected chi connectivity index (χ2v) is 9.65. The number of hydrogen-bond donors (Lipinski definition) is 0. The number of rotatable bonds is 5. The van der Waals surface area contributed by atoms with Gasteiger partial charge < -0.3 is 4.52 Å². The van der Waals surface area contributed by atoms with Crippen LogP contribution < -0.4 is 0 Å². The van der Waals surface area contributed by atoms with Gasteiger partial charge in [-0.1, -0.05) is 89.6 Å². The van der Waals surface area contributed by atoms with E-state index in [1.54, 1.807) is 42.5 Å². The monoisotopic (exact) mass is 453 g/mol. The van der Waals surface area contributed by atoms with Crippen molar-refractivity contribution < 1.29 is 17.7 Å². The molecular formula is C27H19NO4S.